The Morgan fingerprint density at radius 1 is 1.16 bits per heavy atom. The first-order valence-corrected chi connectivity index (χ1v) is 7.99. The second-order valence-corrected chi connectivity index (χ2v) is 5.60. The number of nitrogens with zero attached hydrogens (tertiary/aromatic N) is 1. The molecule has 0 aliphatic rings. The molecule has 0 atom stereocenters. The highest BCUT2D eigenvalue weighted by molar-refractivity contribution is 6.30. The Kier molecular flexibility index (Phi) is 7.04. The average Bonchev–Trinajstić information content (AvgIpc) is 2.62. The fraction of sp³-hybridized carbons (Fsp3) is 0.158. The second-order valence-electron chi connectivity index (χ2n) is 5.17. The smallest absolute Gasteiger partial charge is 0.265 e. The molecule has 0 spiro atoms. The predicted octanol–water partition coefficient (Wildman–Crippen LogP) is 4.39. The number of methoxy groups -OCH3 is 1. The number of oxime groups is 1. The summed E-state index contributed by atoms with van der Waals surface area (Å²) >= 11 is 5.79. The summed E-state index contributed by atoms with van der Waals surface area (Å²) in [6.07, 6.45) is 3.70. The molecule has 0 bridgehead atoms. The van der Waals surface area contributed by atoms with Crippen molar-refractivity contribution in [1.29, 1.82) is 0 Å². The van der Waals surface area contributed by atoms with Gasteiger partial charge in [0, 0.05) is 10.7 Å². The van der Waals surface area contributed by atoms with Crippen LogP contribution in [0.1, 0.15) is 12.5 Å². The Morgan fingerprint density at radius 3 is 2.48 bits per heavy atom. The number of ether oxygens (including phenoxy) is 1. The third-order valence-corrected chi connectivity index (χ3v) is 3.42. The molecule has 0 saturated heterocycles. The summed E-state index contributed by atoms with van der Waals surface area (Å²) in [4.78, 5) is 16.8. The maximum atomic E-state index is 11.8. The van der Waals surface area contributed by atoms with Crippen molar-refractivity contribution < 1.29 is 14.4 Å². The van der Waals surface area contributed by atoms with E-state index in [9.17, 15) is 4.79 Å². The highest BCUT2D eigenvalue weighted by Crippen LogP contribution is 2.13. The topological polar surface area (TPSA) is 59.9 Å². The summed E-state index contributed by atoms with van der Waals surface area (Å²) in [6.45, 7) is 1.62. The molecule has 1 N–H and O–H groups in total. The molecule has 0 aliphatic heterocycles. The lowest BCUT2D eigenvalue weighted by Crippen LogP contribution is -2.17. The van der Waals surface area contributed by atoms with Crippen LogP contribution in [0.25, 0.3) is 6.08 Å². The Bertz CT molecular complexity index is 753. The van der Waals surface area contributed by atoms with Gasteiger partial charge in [0.05, 0.1) is 12.8 Å². The van der Waals surface area contributed by atoms with Crippen LogP contribution in [0.2, 0.25) is 5.02 Å². The van der Waals surface area contributed by atoms with E-state index >= 15 is 0 Å². The normalized spacial score (nSPS) is 11.4. The summed E-state index contributed by atoms with van der Waals surface area (Å²) in [5.74, 6) is 0.510. The van der Waals surface area contributed by atoms with Gasteiger partial charge < -0.3 is 14.9 Å². The van der Waals surface area contributed by atoms with E-state index in [1.165, 1.54) is 0 Å². The Morgan fingerprint density at radius 2 is 1.84 bits per heavy atom. The van der Waals surface area contributed by atoms with Gasteiger partial charge in [0.1, 0.15) is 5.75 Å². The van der Waals surface area contributed by atoms with Crippen molar-refractivity contribution in [2.24, 2.45) is 5.16 Å². The van der Waals surface area contributed by atoms with E-state index in [4.69, 9.17) is 21.2 Å². The van der Waals surface area contributed by atoms with E-state index in [1.54, 1.807) is 44.4 Å². The van der Waals surface area contributed by atoms with Crippen LogP contribution >= 0.6 is 11.6 Å². The quantitative estimate of drug-likeness (QED) is 0.589. The second kappa shape index (κ2) is 9.49. The van der Waals surface area contributed by atoms with Gasteiger partial charge in [-0.1, -0.05) is 35.0 Å². The highest BCUT2D eigenvalue weighted by Gasteiger charge is 2.02. The van der Waals surface area contributed by atoms with Gasteiger partial charge in [-0.2, -0.15) is 0 Å². The lowest BCUT2D eigenvalue weighted by Gasteiger charge is -2.04. The minimum Gasteiger partial charge on any atom is -0.497 e. The predicted molar refractivity (Wildman–Crippen MR) is 101 cm³/mol. The van der Waals surface area contributed by atoms with Crippen LogP contribution in [0.15, 0.2) is 59.8 Å². The van der Waals surface area contributed by atoms with Crippen LogP contribution in [-0.4, -0.2) is 25.3 Å². The first-order chi connectivity index (χ1) is 12.1. The summed E-state index contributed by atoms with van der Waals surface area (Å²) < 4.78 is 5.11. The molecule has 0 heterocycles. The molecule has 0 aliphatic carbocycles. The number of allylic oxidation sites excluding steroid dienone is 1. The number of rotatable bonds is 7. The first-order valence-electron chi connectivity index (χ1n) is 7.61. The summed E-state index contributed by atoms with van der Waals surface area (Å²) in [6, 6.07) is 14.5. The Balaban J connectivity index is 1.78. The van der Waals surface area contributed by atoms with Crippen LogP contribution in [0.3, 0.4) is 0 Å². The maximum absolute atomic E-state index is 11.8. The number of halogens is 1. The monoisotopic (exact) mass is 358 g/mol. The number of amides is 1. The standard InChI is InChI=1S/C19H19ClN2O3/c1-14(3-4-15-5-11-18(24-2)12-6-15)22-25-13-19(23)21-17-9-7-16(20)8-10-17/h3-12H,13H2,1-2H3,(H,21,23)/b4-3+,22-14+. The van der Waals surface area contributed by atoms with Gasteiger partial charge in [-0.05, 0) is 55.0 Å². The van der Waals surface area contributed by atoms with Crippen molar-refractivity contribution in [3.05, 3.63) is 65.2 Å². The Hall–Kier alpha value is -2.79. The maximum Gasteiger partial charge on any atom is 0.265 e. The van der Waals surface area contributed by atoms with Gasteiger partial charge in [0.2, 0.25) is 0 Å². The molecule has 0 unspecified atom stereocenters. The minimum absolute atomic E-state index is 0.170. The van der Waals surface area contributed by atoms with Crippen molar-refractivity contribution in [2.45, 2.75) is 6.92 Å². The van der Waals surface area contributed by atoms with Crippen LogP contribution < -0.4 is 10.1 Å². The number of nitrogens with one attached hydrogen (secondary N) is 1. The van der Waals surface area contributed by atoms with E-state index in [-0.39, 0.29) is 12.5 Å². The van der Waals surface area contributed by atoms with E-state index in [1.807, 2.05) is 30.3 Å². The van der Waals surface area contributed by atoms with Gasteiger partial charge in [0.15, 0.2) is 6.61 Å². The van der Waals surface area contributed by atoms with E-state index < -0.39 is 0 Å². The zero-order chi connectivity index (χ0) is 18.1. The number of hydrogen-bond donors (Lipinski definition) is 1. The molecule has 6 heteroatoms. The van der Waals surface area contributed by atoms with Gasteiger partial charge in [-0.25, -0.2) is 0 Å². The SMILES string of the molecule is COc1ccc(/C=C/C(C)=N/OCC(=O)Nc2ccc(Cl)cc2)cc1. The molecule has 2 rings (SSSR count). The number of anilines is 1. The molecule has 0 saturated carbocycles. The summed E-state index contributed by atoms with van der Waals surface area (Å²) in [5.41, 5.74) is 2.31. The molecule has 0 aromatic heterocycles. The van der Waals surface area contributed by atoms with E-state index in [2.05, 4.69) is 10.5 Å². The molecule has 25 heavy (non-hydrogen) atoms. The van der Waals surface area contributed by atoms with Gasteiger partial charge >= 0.3 is 0 Å². The van der Waals surface area contributed by atoms with Crippen molar-refractivity contribution >= 4 is 35.0 Å². The molecule has 0 radical (unpaired) electrons. The lowest BCUT2D eigenvalue weighted by molar-refractivity contribution is -0.120. The van der Waals surface area contributed by atoms with Crippen LogP contribution in [-0.2, 0) is 9.63 Å². The van der Waals surface area contributed by atoms with Crippen LogP contribution in [0, 0.1) is 0 Å². The van der Waals surface area contributed by atoms with E-state index in [0.29, 0.717) is 16.4 Å². The molecular weight excluding hydrogens is 340 g/mol. The fourth-order valence-electron chi connectivity index (χ4n) is 1.89. The number of carbonyl (C=O) groups excluding carboxylic acids is 1. The minimum atomic E-state index is -0.294. The number of benzene rings is 2. The van der Waals surface area contributed by atoms with Crippen LogP contribution in [0.5, 0.6) is 5.75 Å². The zero-order valence-corrected chi connectivity index (χ0v) is 14.8. The van der Waals surface area contributed by atoms with Crippen LogP contribution in [0.4, 0.5) is 5.69 Å². The fourth-order valence-corrected chi connectivity index (χ4v) is 2.01. The first kappa shape index (κ1) is 18.5. The van der Waals surface area contributed by atoms with Crippen molar-refractivity contribution in [3.63, 3.8) is 0 Å². The molecule has 1 amide bonds. The molecule has 2 aromatic carbocycles. The third kappa shape index (κ3) is 6.69. The average molecular weight is 359 g/mol. The third-order valence-electron chi connectivity index (χ3n) is 3.16. The number of hydrogen-bond acceptors (Lipinski definition) is 4. The highest BCUT2D eigenvalue weighted by atomic mass is 35.5. The number of carbonyl (C=O) groups is 1. The molecule has 130 valence electrons. The van der Waals surface area contributed by atoms with Gasteiger partial charge in [-0.15, -0.1) is 0 Å². The molecule has 0 fully saturated rings. The molecule has 2 aromatic rings. The Labute approximate surface area is 151 Å². The molecular formula is C19H19ClN2O3. The van der Waals surface area contributed by atoms with Crippen molar-refractivity contribution in [1.82, 2.24) is 0 Å². The zero-order valence-electron chi connectivity index (χ0n) is 14.0. The van der Waals surface area contributed by atoms with E-state index in [0.717, 1.165) is 11.3 Å². The largest absolute Gasteiger partial charge is 0.497 e. The van der Waals surface area contributed by atoms with Crippen molar-refractivity contribution in [3.8, 4) is 5.75 Å². The summed E-state index contributed by atoms with van der Waals surface area (Å²) in [7, 11) is 1.63. The lowest BCUT2D eigenvalue weighted by atomic mass is 10.2. The van der Waals surface area contributed by atoms with Gasteiger partial charge in [0.25, 0.3) is 5.91 Å². The van der Waals surface area contributed by atoms with Crippen molar-refractivity contribution in [2.75, 3.05) is 19.0 Å². The van der Waals surface area contributed by atoms with Gasteiger partial charge in [-0.3, -0.25) is 4.79 Å². The molecule has 5 nitrogen and oxygen atoms in total. The summed E-state index contributed by atoms with van der Waals surface area (Å²) in [5, 5.41) is 7.19.